The van der Waals surface area contributed by atoms with Crippen molar-refractivity contribution in [3.8, 4) is 17.2 Å². The standard InChI is InChI=1S/C18H16N2O4/c21-17(22)11-8-13-6-9-15(10-7-13)23-12-16-19-18(24-20-16)14-4-2-1-3-5-14/h1-7,9-10H,8,11-12H2,(H,21,22). The van der Waals surface area contributed by atoms with Crippen LogP contribution in [0.2, 0.25) is 0 Å². The van der Waals surface area contributed by atoms with E-state index in [4.69, 9.17) is 14.4 Å². The van der Waals surface area contributed by atoms with Crippen molar-refractivity contribution >= 4 is 5.97 Å². The van der Waals surface area contributed by atoms with Gasteiger partial charge in [-0.15, -0.1) is 0 Å². The molecule has 122 valence electrons. The van der Waals surface area contributed by atoms with E-state index in [1.807, 2.05) is 42.5 Å². The number of ether oxygens (including phenoxy) is 1. The van der Waals surface area contributed by atoms with Crippen LogP contribution in [-0.4, -0.2) is 21.2 Å². The number of benzene rings is 2. The number of aryl methyl sites for hydroxylation is 1. The number of aromatic nitrogens is 2. The van der Waals surface area contributed by atoms with Crippen LogP contribution < -0.4 is 4.74 Å². The van der Waals surface area contributed by atoms with Crippen LogP contribution in [0.5, 0.6) is 5.75 Å². The second kappa shape index (κ2) is 7.41. The molecule has 0 aliphatic heterocycles. The predicted molar refractivity (Wildman–Crippen MR) is 86.5 cm³/mol. The summed E-state index contributed by atoms with van der Waals surface area (Å²) in [4.78, 5) is 14.8. The maximum Gasteiger partial charge on any atom is 0.303 e. The van der Waals surface area contributed by atoms with Crippen LogP contribution in [0.15, 0.2) is 59.1 Å². The van der Waals surface area contributed by atoms with E-state index in [2.05, 4.69) is 10.1 Å². The van der Waals surface area contributed by atoms with Crippen molar-refractivity contribution in [3.05, 3.63) is 66.0 Å². The number of hydrogen-bond acceptors (Lipinski definition) is 5. The molecule has 0 spiro atoms. The first-order chi connectivity index (χ1) is 11.7. The number of carbonyl (C=O) groups is 1. The minimum Gasteiger partial charge on any atom is -0.485 e. The molecular formula is C18H16N2O4. The molecule has 6 heteroatoms. The van der Waals surface area contributed by atoms with Crippen LogP contribution in [0.3, 0.4) is 0 Å². The summed E-state index contributed by atoms with van der Waals surface area (Å²) >= 11 is 0. The van der Waals surface area contributed by atoms with Crippen molar-refractivity contribution in [2.75, 3.05) is 0 Å². The van der Waals surface area contributed by atoms with E-state index >= 15 is 0 Å². The van der Waals surface area contributed by atoms with Crippen molar-refractivity contribution in [2.24, 2.45) is 0 Å². The Bertz CT molecular complexity index is 797. The largest absolute Gasteiger partial charge is 0.485 e. The number of aliphatic carboxylic acids is 1. The van der Waals surface area contributed by atoms with Crippen molar-refractivity contribution in [3.63, 3.8) is 0 Å². The lowest BCUT2D eigenvalue weighted by Crippen LogP contribution is -1.99. The monoisotopic (exact) mass is 324 g/mol. The van der Waals surface area contributed by atoms with Gasteiger partial charge >= 0.3 is 5.97 Å². The van der Waals surface area contributed by atoms with Gasteiger partial charge in [-0.25, -0.2) is 0 Å². The molecule has 2 aromatic carbocycles. The molecule has 3 rings (SSSR count). The summed E-state index contributed by atoms with van der Waals surface area (Å²) in [6.45, 7) is 0.199. The predicted octanol–water partition coefficient (Wildman–Crippen LogP) is 3.33. The maximum atomic E-state index is 10.6. The van der Waals surface area contributed by atoms with Gasteiger partial charge in [-0.1, -0.05) is 35.5 Å². The van der Waals surface area contributed by atoms with Crippen molar-refractivity contribution in [1.29, 1.82) is 0 Å². The molecule has 1 aromatic heterocycles. The number of carboxylic acids is 1. The summed E-state index contributed by atoms with van der Waals surface area (Å²) in [5.41, 5.74) is 1.81. The molecule has 0 saturated heterocycles. The topological polar surface area (TPSA) is 85.5 Å². The molecule has 0 aliphatic rings. The fraction of sp³-hybridized carbons (Fsp3) is 0.167. The van der Waals surface area contributed by atoms with E-state index in [0.717, 1.165) is 11.1 Å². The molecule has 1 N–H and O–H groups in total. The Morgan fingerprint density at radius 2 is 1.83 bits per heavy atom. The molecule has 0 bridgehead atoms. The van der Waals surface area contributed by atoms with Crippen molar-refractivity contribution in [2.45, 2.75) is 19.4 Å². The smallest absolute Gasteiger partial charge is 0.303 e. The van der Waals surface area contributed by atoms with Crippen LogP contribution in [0.4, 0.5) is 0 Å². The third-order valence-corrected chi connectivity index (χ3v) is 3.41. The molecule has 0 amide bonds. The molecule has 0 unspecified atom stereocenters. The van der Waals surface area contributed by atoms with Crippen LogP contribution >= 0.6 is 0 Å². The summed E-state index contributed by atoms with van der Waals surface area (Å²) in [7, 11) is 0. The van der Waals surface area contributed by atoms with Crippen LogP contribution in [0, 0.1) is 0 Å². The van der Waals surface area contributed by atoms with Gasteiger partial charge in [0.05, 0.1) is 0 Å². The first-order valence-corrected chi connectivity index (χ1v) is 7.52. The Morgan fingerprint density at radius 3 is 2.54 bits per heavy atom. The van der Waals surface area contributed by atoms with E-state index in [0.29, 0.717) is 23.9 Å². The molecule has 0 aliphatic carbocycles. The van der Waals surface area contributed by atoms with E-state index in [1.165, 1.54) is 0 Å². The van der Waals surface area contributed by atoms with Gasteiger partial charge in [-0.05, 0) is 36.2 Å². The summed E-state index contributed by atoms with van der Waals surface area (Å²) in [5, 5.41) is 12.6. The number of rotatable bonds is 7. The van der Waals surface area contributed by atoms with Gasteiger partial charge in [-0.3, -0.25) is 4.79 Å². The van der Waals surface area contributed by atoms with Crippen molar-refractivity contribution in [1.82, 2.24) is 10.1 Å². The Labute approximate surface area is 138 Å². The Morgan fingerprint density at radius 1 is 1.08 bits per heavy atom. The highest BCUT2D eigenvalue weighted by Crippen LogP contribution is 2.18. The lowest BCUT2D eigenvalue weighted by atomic mass is 10.1. The lowest BCUT2D eigenvalue weighted by molar-refractivity contribution is -0.136. The molecular weight excluding hydrogens is 308 g/mol. The second-order valence-electron chi connectivity index (χ2n) is 5.21. The highest BCUT2D eigenvalue weighted by Gasteiger charge is 2.09. The Balaban J connectivity index is 1.56. The third-order valence-electron chi connectivity index (χ3n) is 3.41. The van der Waals surface area contributed by atoms with Gasteiger partial charge in [0.15, 0.2) is 6.61 Å². The van der Waals surface area contributed by atoms with Crippen LogP contribution in [0.1, 0.15) is 17.8 Å². The first-order valence-electron chi connectivity index (χ1n) is 7.52. The van der Waals surface area contributed by atoms with Gasteiger partial charge in [0.2, 0.25) is 5.82 Å². The first kappa shape index (κ1) is 15.7. The summed E-state index contributed by atoms with van der Waals surface area (Å²) < 4.78 is 10.8. The van der Waals surface area contributed by atoms with Gasteiger partial charge in [-0.2, -0.15) is 4.98 Å². The van der Waals surface area contributed by atoms with Gasteiger partial charge in [0.25, 0.3) is 5.89 Å². The average molecular weight is 324 g/mol. The number of hydrogen-bond donors (Lipinski definition) is 1. The van der Waals surface area contributed by atoms with E-state index in [1.54, 1.807) is 12.1 Å². The summed E-state index contributed by atoms with van der Waals surface area (Å²) in [6, 6.07) is 16.8. The minimum absolute atomic E-state index is 0.116. The fourth-order valence-corrected chi connectivity index (χ4v) is 2.16. The zero-order chi connectivity index (χ0) is 16.8. The van der Waals surface area contributed by atoms with Gasteiger partial charge in [0.1, 0.15) is 5.75 Å². The molecule has 6 nitrogen and oxygen atoms in total. The summed E-state index contributed by atoms with van der Waals surface area (Å²) in [5.74, 6) is 0.781. The molecule has 0 atom stereocenters. The Hall–Kier alpha value is -3.15. The molecule has 1 heterocycles. The third kappa shape index (κ3) is 4.19. The molecule has 0 saturated carbocycles. The minimum atomic E-state index is -0.804. The molecule has 0 radical (unpaired) electrons. The fourth-order valence-electron chi connectivity index (χ4n) is 2.16. The molecule has 3 aromatic rings. The SMILES string of the molecule is O=C(O)CCc1ccc(OCc2noc(-c3ccccc3)n2)cc1. The number of carboxylic acid groups (broad SMARTS) is 1. The summed E-state index contributed by atoms with van der Waals surface area (Å²) in [6.07, 6.45) is 0.617. The quantitative estimate of drug-likeness (QED) is 0.717. The average Bonchev–Trinajstić information content (AvgIpc) is 3.09. The zero-order valence-corrected chi connectivity index (χ0v) is 12.9. The van der Waals surface area contributed by atoms with Gasteiger partial charge in [0, 0.05) is 12.0 Å². The van der Waals surface area contributed by atoms with Crippen LogP contribution in [-0.2, 0) is 17.8 Å². The van der Waals surface area contributed by atoms with E-state index in [9.17, 15) is 4.79 Å². The second-order valence-corrected chi connectivity index (χ2v) is 5.21. The van der Waals surface area contributed by atoms with Crippen LogP contribution in [0.25, 0.3) is 11.5 Å². The highest BCUT2D eigenvalue weighted by molar-refractivity contribution is 5.67. The zero-order valence-electron chi connectivity index (χ0n) is 12.9. The molecule has 0 fully saturated rings. The van der Waals surface area contributed by atoms with E-state index in [-0.39, 0.29) is 13.0 Å². The lowest BCUT2D eigenvalue weighted by Gasteiger charge is -2.04. The maximum absolute atomic E-state index is 10.6. The molecule has 24 heavy (non-hydrogen) atoms. The number of nitrogens with zero attached hydrogens (tertiary/aromatic N) is 2. The van der Waals surface area contributed by atoms with Crippen molar-refractivity contribution < 1.29 is 19.2 Å². The normalized spacial score (nSPS) is 10.5. The highest BCUT2D eigenvalue weighted by atomic mass is 16.5. The van der Waals surface area contributed by atoms with Gasteiger partial charge < -0.3 is 14.4 Å². The van der Waals surface area contributed by atoms with E-state index < -0.39 is 5.97 Å². The Kier molecular flexibility index (Phi) is 4.86.